The number of ether oxygens (including phenoxy) is 1. The molecule has 0 heterocycles. The molecule has 0 aliphatic rings. The number of nitrogens with one attached hydrogen (secondary N) is 1. The van der Waals surface area contributed by atoms with E-state index in [1.54, 1.807) is 0 Å². The van der Waals surface area contributed by atoms with E-state index in [0.717, 1.165) is 34.4 Å². The van der Waals surface area contributed by atoms with E-state index in [-0.39, 0.29) is 12.5 Å². The van der Waals surface area contributed by atoms with Gasteiger partial charge in [-0.1, -0.05) is 73.7 Å². The molecule has 3 nitrogen and oxygen atoms in total. The molecule has 3 aromatic carbocycles. The highest BCUT2D eigenvalue weighted by Gasteiger charge is 2.11. The summed E-state index contributed by atoms with van der Waals surface area (Å²) in [5, 5.41) is 3.00. The summed E-state index contributed by atoms with van der Waals surface area (Å²) in [5.74, 6) is 0.547. The SMILES string of the molecule is CCc1cccc(C)c1NC(=O)COc1ccccc1-c1ccccc1. The first-order valence-corrected chi connectivity index (χ1v) is 8.84. The Morgan fingerprint density at radius 1 is 0.923 bits per heavy atom. The van der Waals surface area contributed by atoms with Gasteiger partial charge in [0, 0.05) is 11.3 Å². The number of rotatable bonds is 6. The standard InChI is InChI=1S/C23H23NO2/c1-3-18-13-9-10-17(2)23(18)24-22(25)16-26-21-15-8-7-14-20(21)19-11-5-4-6-12-19/h4-15H,3,16H2,1-2H3,(H,24,25). The van der Waals surface area contributed by atoms with Crippen molar-refractivity contribution in [1.82, 2.24) is 0 Å². The third-order valence-electron chi connectivity index (χ3n) is 4.34. The first-order chi connectivity index (χ1) is 12.7. The Hall–Kier alpha value is -3.07. The van der Waals surface area contributed by atoms with Gasteiger partial charge in [0.25, 0.3) is 5.91 Å². The van der Waals surface area contributed by atoms with E-state index < -0.39 is 0 Å². The first kappa shape index (κ1) is 17.7. The van der Waals surface area contributed by atoms with Crippen LogP contribution in [0.5, 0.6) is 5.75 Å². The molecule has 1 amide bonds. The van der Waals surface area contributed by atoms with Gasteiger partial charge in [0.05, 0.1) is 0 Å². The fraction of sp³-hybridized carbons (Fsp3) is 0.174. The molecule has 26 heavy (non-hydrogen) atoms. The number of amides is 1. The van der Waals surface area contributed by atoms with E-state index in [4.69, 9.17) is 4.74 Å². The predicted molar refractivity (Wildman–Crippen MR) is 107 cm³/mol. The van der Waals surface area contributed by atoms with Gasteiger partial charge in [-0.05, 0) is 36.1 Å². The fourth-order valence-electron chi connectivity index (χ4n) is 2.97. The molecule has 3 aromatic rings. The van der Waals surface area contributed by atoms with Crippen LogP contribution in [0.4, 0.5) is 5.69 Å². The summed E-state index contributed by atoms with van der Waals surface area (Å²) >= 11 is 0. The van der Waals surface area contributed by atoms with Crippen LogP contribution in [0.1, 0.15) is 18.1 Å². The third-order valence-corrected chi connectivity index (χ3v) is 4.34. The Morgan fingerprint density at radius 2 is 1.65 bits per heavy atom. The molecule has 0 aliphatic heterocycles. The highest BCUT2D eigenvalue weighted by atomic mass is 16.5. The molecule has 0 spiro atoms. The van der Waals surface area contributed by atoms with Gasteiger partial charge < -0.3 is 10.1 Å². The van der Waals surface area contributed by atoms with E-state index in [1.807, 2.05) is 79.7 Å². The largest absolute Gasteiger partial charge is 0.483 e. The number of benzene rings is 3. The Labute approximate surface area is 154 Å². The molecule has 1 N–H and O–H groups in total. The van der Waals surface area contributed by atoms with E-state index in [9.17, 15) is 4.79 Å². The average molecular weight is 345 g/mol. The molecule has 132 valence electrons. The number of para-hydroxylation sites is 2. The van der Waals surface area contributed by atoms with Crippen LogP contribution in [0.25, 0.3) is 11.1 Å². The molecule has 0 saturated carbocycles. The van der Waals surface area contributed by atoms with E-state index >= 15 is 0 Å². The van der Waals surface area contributed by atoms with Crippen molar-refractivity contribution in [3.8, 4) is 16.9 Å². The van der Waals surface area contributed by atoms with Crippen molar-refractivity contribution in [3.05, 3.63) is 83.9 Å². The van der Waals surface area contributed by atoms with Crippen LogP contribution in [0.15, 0.2) is 72.8 Å². The Bertz CT molecular complexity index is 888. The Morgan fingerprint density at radius 3 is 2.42 bits per heavy atom. The summed E-state index contributed by atoms with van der Waals surface area (Å²) in [6.07, 6.45) is 0.870. The molecule has 0 bridgehead atoms. The maximum absolute atomic E-state index is 12.4. The van der Waals surface area contributed by atoms with Crippen LogP contribution < -0.4 is 10.1 Å². The van der Waals surface area contributed by atoms with Gasteiger partial charge in [0.15, 0.2) is 6.61 Å². The molecule has 0 aromatic heterocycles. The molecule has 0 fully saturated rings. The lowest BCUT2D eigenvalue weighted by Crippen LogP contribution is -2.21. The molecule has 0 atom stereocenters. The zero-order chi connectivity index (χ0) is 18.4. The van der Waals surface area contributed by atoms with Gasteiger partial charge in [-0.2, -0.15) is 0 Å². The van der Waals surface area contributed by atoms with E-state index in [1.165, 1.54) is 0 Å². The number of hydrogen-bond acceptors (Lipinski definition) is 2. The summed E-state index contributed by atoms with van der Waals surface area (Å²) in [6, 6.07) is 23.8. The summed E-state index contributed by atoms with van der Waals surface area (Å²) < 4.78 is 5.83. The average Bonchev–Trinajstić information content (AvgIpc) is 2.69. The van der Waals surface area contributed by atoms with Crippen LogP contribution in [0, 0.1) is 6.92 Å². The topological polar surface area (TPSA) is 38.3 Å². The Balaban J connectivity index is 1.72. The summed E-state index contributed by atoms with van der Waals surface area (Å²) in [4.78, 5) is 12.4. The van der Waals surface area contributed by atoms with Crippen molar-refractivity contribution >= 4 is 11.6 Å². The van der Waals surface area contributed by atoms with Crippen LogP contribution in [-0.2, 0) is 11.2 Å². The van der Waals surface area contributed by atoms with Gasteiger partial charge >= 0.3 is 0 Å². The minimum Gasteiger partial charge on any atom is -0.483 e. The fourth-order valence-corrected chi connectivity index (χ4v) is 2.97. The number of carbonyl (C=O) groups is 1. The number of carbonyl (C=O) groups excluding carboxylic acids is 1. The van der Waals surface area contributed by atoms with Crippen molar-refractivity contribution in [1.29, 1.82) is 0 Å². The quantitative estimate of drug-likeness (QED) is 0.663. The number of hydrogen-bond donors (Lipinski definition) is 1. The third kappa shape index (κ3) is 4.12. The normalized spacial score (nSPS) is 10.4. The van der Waals surface area contributed by atoms with Crippen molar-refractivity contribution < 1.29 is 9.53 Å². The summed E-state index contributed by atoms with van der Waals surface area (Å²) in [7, 11) is 0. The van der Waals surface area contributed by atoms with Crippen LogP contribution >= 0.6 is 0 Å². The highest BCUT2D eigenvalue weighted by Crippen LogP contribution is 2.29. The first-order valence-electron chi connectivity index (χ1n) is 8.84. The minimum absolute atomic E-state index is 0.0265. The molecular weight excluding hydrogens is 322 g/mol. The molecule has 0 aliphatic carbocycles. The second-order valence-corrected chi connectivity index (χ2v) is 6.16. The molecular formula is C23H23NO2. The highest BCUT2D eigenvalue weighted by molar-refractivity contribution is 5.93. The van der Waals surface area contributed by atoms with Gasteiger partial charge in [-0.25, -0.2) is 0 Å². The van der Waals surface area contributed by atoms with Crippen molar-refractivity contribution in [2.45, 2.75) is 20.3 Å². The maximum atomic E-state index is 12.4. The molecule has 3 heteroatoms. The summed E-state index contributed by atoms with van der Waals surface area (Å²) in [6.45, 7) is 4.05. The van der Waals surface area contributed by atoms with Crippen molar-refractivity contribution in [2.75, 3.05) is 11.9 Å². The number of anilines is 1. The van der Waals surface area contributed by atoms with E-state index in [2.05, 4.69) is 12.2 Å². The predicted octanol–water partition coefficient (Wildman–Crippen LogP) is 5.24. The van der Waals surface area contributed by atoms with Gasteiger partial charge in [0.2, 0.25) is 0 Å². The van der Waals surface area contributed by atoms with Gasteiger partial charge in [-0.15, -0.1) is 0 Å². The van der Waals surface area contributed by atoms with Crippen LogP contribution in [0.3, 0.4) is 0 Å². The van der Waals surface area contributed by atoms with Crippen molar-refractivity contribution in [2.24, 2.45) is 0 Å². The lowest BCUT2D eigenvalue weighted by molar-refractivity contribution is -0.118. The lowest BCUT2D eigenvalue weighted by Gasteiger charge is -2.14. The monoisotopic (exact) mass is 345 g/mol. The zero-order valence-electron chi connectivity index (χ0n) is 15.2. The molecule has 0 radical (unpaired) electrons. The second kappa shape index (κ2) is 8.34. The van der Waals surface area contributed by atoms with Crippen molar-refractivity contribution in [3.63, 3.8) is 0 Å². The Kier molecular flexibility index (Phi) is 5.69. The maximum Gasteiger partial charge on any atom is 0.262 e. The molecule has 0 unspecified atom stereocenters. The molecule has 3 rings (SSSR count). The van der Waals surface area contributed by atoms with Crippen LogP contribution in [-0.4, -0.2) is 12.5 Å². The minimum atomic E-state index is -0.156. The van der Waals surface area contributed by atoms with Crippen LogP contribution in [0.2, 0.25) is 0 Å². The van der Waals surface area contributed by atoms with E-state index in [0.29, 0.717) is 5.75 Å². The lowest BCUT2D eigenvalue weighted by atomic mass is 10.1. The summed E-state index contributed by atoms with van der Waals surface area (Å²) in [5.41, 5.74) is 5.12. The number of aryl methyl sites for hydroxylation is 2. The zero-order valence-corrected chi connectivity index (χ0v) is 15.2. The second-order valence-electron chi connectivity index (χ2n) is 6.16. The molecule has 0 saturated heterocycles. The van der Waals surface area contributed by atoms with Gasteiger partial charge in [0.1, 0.15) is 5.75 Å². The van der Waals surface area contributed by atoms with Gasteiger partial charge in [-0.3, -0.25) is 4.79 Å². The smallest absolute Gasteiger partial charge is 0.262 e.